The minimum Gasteiger partial charge on any atom is -0.483 e. The molecule has 51 heavy (non-hydrogen) atoms. The Balaban J connectivity index is 1.59. The van der Waals surface area contributed by atoms with Crippen LogP contribution in [-0.2, 0) is 38.4 Å². The number of rotatable bonds is 15. The van der Waals surface area contributed by atoms with Gasteiger partial charge in [-0.2, -0.15) is 13.4 Å². The summed E-state index contributed by atoms with van der Waals surface area (Å²) in [6.45, 7) is 3.23. The molecule has 0 unspecified atom stereocenters. The number of aromatic nitrogens is 2. The second kappa shape index (κ2) is 17.2. The highest BCUT2D eigenvalue weighted by Crippen LogP contribution is 2.39. The predicted octanol–water partition coefficient (Wildman–Crippen LogP) is 4.54. The van der Waals surface area contributed by atoms with Gasteiger partial charge in [-0.15, -0.1) is 4.40 Å². The molecule has 1 aliphatic rings. The molecule has 2 heterocycles. The number of carbonyl (C=O) groups excluding carboxylic acids is 3. The van der Waals surface area contributed by atoms with Gasteiger partial charge in [0.1, 0.15) is 19.0 Å². The minimum absolute atomic E-state index is 0.159. The van der Waals surface area contributed by atoms with E-state index >= 15 is 0 Å². The summed E-state index contributed by atoms with van der Waals surface area (Å²) < 4.78 is 65.2. The number of hydrogen-bond donors (Lipinski definition) is 0. The van der Waals surface area contributed by atoms with Gasteiger partial charge in [0.2, 0.25) is 5.03 Å². The SMILES string of the molecule is CCO/C=N/c1c(S(=O)(=O)/N=C/OCC)ncn1[C@@H]1O[C@H](COC(=O)c2ccccc2)[C@@H](OC(=O)c2ccccc2)[C@H]1OC(=O)c1ccccc1. The molecule has 1 aromatic heterocycles. The molecule has 0 radical (unpaired) electrons. The lowest BCUT2D eigenvalue weighted by atomic mass is 10.1. The van der Waals surface area contributed by atoms with Crippen molar-refractivity contribution in [2.45, 2.75) is 43.4 Å². The van der Waals surface area contributed by atoms with Gasteiger partial charge >= 0.3 is 27.9 Å². The molecule has 0 amide bonds. The summed E-state index contributed by atoms with van der Waals surface area (Å²) in [6, 6.07) is 24.3. The largest absolute Gasteiger partial charge is 0.483 e. The monoisotopic (exact) mass is 718 g/mol. The fourth-order valence-corrected chi connectivity index (χ4v) is 5.73. The minimum atomic E-state index is -4.50. The van der Waals surface area contributed by atoms with E-state index < -0.39 is 64.1 Å². The molecule has 1 aliphatic heterocycles. The molecule has 15 nitrogen and oxygen atoms in total. The number of nitrogens with zero attached hydrogens (tertiary/aromatic N) is 4. The van der Waals surface area contributed by atoms with E-state index in [1.54, 1.807) is 80.6 Å². The third kappa shape index (κ3) is 9.03. The van der Waals surface area contributed by atoms with Crippen LogP contribution in [0.1, 0.15) is 51.1 Å². The molecular formula is C35H34N4O11S. The van der Waals surface area contributed by atoms with Crippen molar-refractivity contribution in [1.82, 2.24) is 9.55 Å². The number of aliphatic imine (C=N–C) groups is 1. The van der Waals surface area contributed by atoms with Crippen molar-refractivity contribution in [2.24, 2.45) is 9.39 Å². The summed E-state index contributed by atoms with van der Waals surface area (Å²) in [4.78, 5) is 48.2. The Morgan fingerprint density at radius 3 is 1.82 bits per heavy atom. The summed E-state index contributed by atoms with van der Waals surface area (Å²) in [6.07, 6.45) is -2.70. The van der Waals surface area contributed by atoms with E-state index in [0.29, 0.717) is 0 Å². The molecule has 1 saturated heterocycles. The molecule has 0 N–H and O–H groups in total. The highest BCUT2D eigenvalue weighted by Gasteiger charge is 2.52. The number of carbonyl (C=O) groups is 3. The quantitative estimate of drug-likeness (QED) is 0.0725. The summed E-state index contributed by atoms with van der Waals surface area (Å²) in [7, 11) is -4.50. The van der Waals surface area contributed by atoms with Crippen LogP contribution in [0.25, 0.3) is 0 Å². The molecule has 5 rings (SSSR count). The van der Waals surface area contributed by atoms with Gasteiger partial charge in [0, 0.05) is 0 Å². The van der Waals surface area contributed by atoms with E-state index in [9.17, 15) is 22.8 Å². The summed E-state index contributed by atoms with van der Waals surface area (Å²) >= 11 is 0. The molecule has 0 spiro atoms. The van der Waals surface area contributed by atoms with Crippen molar-refractivity contribution in [3.05, 3.63) is 114 Å². The summed E-state index contributed by atoms with van der Waals surface area (Å²) in [5.74, 6) is -2.62. The first-order valence-electron chi connectivity index (χ1n) is 15.7. The molecule has 0 aliphatic carbocycles. The van der Waals surface area contributed by atoms with E-state index in [-0.39, 0.29) is 35.7 Å². The maximum atomic E-state index is 13.5. The van der Waals surface area contributed by atoms with Gasteiger partial charge in [0.25, 0.3) is 0 Å². The average Bonchev–Trinajstić information content (AvgIpc) is 3.73. The topological polar surface area (TPSA) is 183 Å². The van der Waals surface area contributed by atoms with Crippen LogP contribution < -0.4 is 0 Å². The zero-order chi connectivity index (χ0) is 36.2. The summed E-state index contributed by atoms with van der Waals surface area (Å²) in [5.41, 5.74) is 0.595. The van der Waals surface area contributed by atoms with Gasteiger partial charge in [-0.05, 0) is 50.2 Å². The maximum absolute atomic E-state index is 13.5. The lowest BCUT2D eigenvalue weighted by Gasteiger charge is -2.25. The molecule has 3 aromatic carbocycles. The standard InChI is InChI=1S/C35H34N4O11S/c1-3-45-22-37-30-31(51(43,44)38-23-46-4-2)36-21-39(30)32-29(50-35(42)26-18-12-7-13-19-26)28(49-34(41)25-16-10-6-11-17-25)27(48-32)20-47-33(40)24-14-8-5-9-15-24/h5-19,21-23,27-29,32H,3-4,20H2,1-2H3/b37-22+,38-23+/t27-,28-,29-,32-/m1/s1. The van der Waals surface area contributed by atoms with E-state index in [1.807, 2.05) is 0 Å². The Hall–Kier alpha value is -5.87. The Kier molecular flexibility index (Phi) is 12.3. The zero-order valence-electron chi connectivity index (χ0n) is 27.5. The highest BCUT2D eigenvalue weighted by molar-refractivity contribution is 7.90. The molecule has 4 atom stereocenters. The fourth-order valence-electron chi connectivity index (χ4n) is 4.88. The van der Waals surface area contributed by atoms with Crippen LogP contribution in [0.3, 0.4) is 0 Å². The van der Waals surface area contributed by atoms with Gasteiger partial charge in [-0.1, -0.05) is 54.6 Å². The molecule has 1 fully saturated rings. The molecule has 4 aromatic rings. The van der Waals surface area contributed by atoms with Crippen molar-refractivity contribution in [3.63, 3.8) is 0 Å². The average molecular weight is 719 g/mol. The molecular weight excluding hydrogens is 684 g/mol. The van der Waals surface area contributed by atoms with E-state index in [0.717, 1.165) is 19.1 Å². The van der Waals surface area contributed by atoms with Gasteiger partial charge in [0.05, 0.1) is 29.9 Å². The third-order valence-corrected chi connectivity index (χ3v) is 8.41. The number of sulfonamides is 1. The van der Waals surface area contributed by atoms with Gasteiger partial charge in [-0.25, -0.2) is 19.4 Å². The predicted molar refractivity (Wildman–Crippen MR) is 181 cm³/mol. The van der Waals surface area contributed by atoms with Gasteiger partial charge in [-0.3, -0.25) is 4.57 Å². The summed E-state index contributed by atoms with van der Waals surface area (Å²) in [5, 5.41) is -0.608. The van der Waals surface area contributed by atoms with Crippen LogP contribution in [0.15, 0.2) is 112 Å². The van der Waals surface area contributed by atoms with Crippen LogP contribution in [0, 0.1) is 0 Å². The van der Waals surface area contributed by atoms with Crippen LogP contribution in [-0.4, -0.2) is 86.8 Å². The molecule has 0 saturated carbocycles. The Labute approximate surface area is 293 Å². The van der Waals surface area contributed by atoms with Crippen molar-refractivity contribution >= 4 is 46.6 Å². The first kappa shape index (κ1) is 36.4. The number of imidazole rings is 1. The van der Waals surface area contributed by atoms with Crippen molar-refractivity contribution in [2.75, 3.05) is 19.8 Å². The molecule has 0 bridgehead atoms. The van der Waals surface area contributed by atoms with Gasteiger partial charge in [0.15, 0.2) is 37.1 Å². The van der Waals surface area contributed by atoms with Crippen molar-refractivity contribution < 1.29 is 51.2 Å². The number of benzene rings is 3. The number of hydrogen-bond acceptors (Lipinski definition) is 13. The molecule has 16 heteroatoms. The van der Waals surface area contributed by atoms with Crippen LogP contribution in [0.5, 0.6) is 0 Å². The van der Waals surface area contributed by atoms with Crippen LogP contribution >= 0.6 is 0 Å². The van der Waals surface area contributed by atoms with Crippen molar-refractivity contribution in [1.29, 1.82) is 0 Å². The maximum Gasteiger partial charge on any atom is 0.338 e. The normalized spacial score (nSPS) is 18.8. The third-order valence-electron chi connectivity index (χ3n) is 7.27. The molecule has 266 valence electrons. The fraction of sp³-hybridized carbons (Fsp3) is 0.257. The van der Waals surface area contributed by atoms with E-state index in [4.69, 9.17) is 28.4 Å². The number of ether oxygens (including phenoxy) is 6. The Bertz CT molecular complexity index is 1950. The van der Waals surface area contributed by atoms with Crippen LogP contribution in [0.2, 0.25) is 0 Å². The Morgan fingerprint density at radius 1 is 0.765 bits per heavy atom. The first-order chi connectivity index (χ1) is 24.7. The second-order valence-electron chi connectivity index (χ2n) is 10.6. The smallest absolute Gasteiger partial charge is 0.338 e. The van der Waals surface area contributed by atoms with Crippen LogP contribution in [0.4, 0.5) is 5.82 Å². The van der Waals surface area contributed by atoms with E-state index in [1.165, 1.54) is 28.8 Å². The zero-order valence-corrected chi connectivity index (χ0v) is 28.3. The lowest BCUT2D eigenvalue weighted by Crippen LogP contribution is -2.41. The lowest BCUT2D eigenvalue weighted by molar-refractivity contribution is -0.0614. The second-order valence-corrected chi connectivity index (χ2v) is 12.2. The van der Waals surface area contributed by atoms with Crippen molar-refractivity contribution in [3.8, 4) is 0 Å². The highest BCUT2D eigenvalue weighted by atomic mass is 32.2. The van der Waals surface area contributed by atoms with E-state index in [2.05, 4.69) is 14.4 Å². The van der Waals surface area contributed by atoms with Gasteiger partial charge < -0.3 is 28.4 Å². The first-order valence-corrected chi connectivity index (χ1v) is 17.2. The number of esters is 3. The Morgan fingerprint density at radius 2 is 1.27 bits per heavy atom.